The van der Waals surface area contributed by atoms with E-state index in [4.69, 9.17) is 5.73 Å². The van der Waals surface area contributed by atoms with Crippen LogP contribution in [0.4, 0.5) is 4.39 Å². The molecule has 0 saturated carbocycles. The van der Waals surface area contributed by atoms with Crippen molar-refractivity contribution in [1.82, 2.24) is 4.90 Å². The monoisotopic (exact) mass is 264 g/mol. The Morgan fingerprint density at radius 3 is 2.26 bits per heavy atom. The minimum Gasteiger partial charge on any atom is -0.320 e. The molecule has 0 aromatic heterocycles. The summed E-state index contributed by atoms with van der Waals surface area (Å²) in [5, 5.41) is 0. The van der Waals surface area contributed by atoms with Gasteiger partial charge in [0.2, 0.25) is 0 Å². The summed E-state index contributed by atoms with van der Waals surface area (Å²) >= 11 is 0. The smallest absolute Gasteiger partial charge is 0.128 e. The molecule has 19 heavy (non-hydrogen) atoms. The van der Waals surface area contributed by atoms with Gasteiger partial charge in [-0.3, -0.25) is 4.90 Å². The van der Waals surface area contributed by atoms with Crippen LogP contribution < -0.4 is 5.73 Å². The van der Waals surface area contributed by atoms with E-state index in [-0.39, 0.29) is 17.8 Å². The molecule has 1 aliphatic heterocycles. The highest BCUT2D eigenvalue weighted by molar-refractivity contribution is 5.29. The highest BCUT2D eigenvalue weighted by Crippen LogP contribution is 2.35. The number of rotatable bonds is 4. The number of hydrogen-bond acceptors (Lipinski definition) is 2. The van der Waals surface area contributed by atoms with Crippen LogP contribution in [0.15, 0.2) is 24.3 Å². The number of nitrogens with zero attached hydrogens (tertiary/aromatic N) is 1. The van der Waals surface area contributed by atoms with Crippen molar-refractivity contribution in [2.24, 2.45) is 11.7 Å². The molecule has 0 aliphatic carbocycles. The lowest BCUT2D eigenvalue weighted by Gasteiger charge is -2.44. The molecule has 0 spiro atoms. The summed E-state index contributed by atoms with van der Waals surface area (Å²) in [5.41, 5.74) is 6.70. The van der Waals surface area contributed by atoms with E-state index in [0.29, 0.717) is 5.56 Å². The second kappa shape index (κ2) is 5.59. The molecule has 2 unspecified atom stereocenters. The second-order valence-corrected chi connectivity index (χ2v) is 5.99. The molecule has 0 bridgehead atoms. The van der Waals surface area contributed by atoms with Crippen molar-refractivity contribution in [2.75, 3.05) is 13.1 Å². The first-order chi connectivity index (χ1) is 8.98. The third-order valence-corrected chi connectivity index (χ3v) is 4.68. The van der Waals surface area contributed by atoms with Crippen molar-refractivity contribution < 1.29 is 4.39 Å². The Balaban J connectivity index is 2.39. The van der Waals surface area contributed by atoms with E-state index < -0.39 is 5.54 Å². The zero-order chi connectivity index (χ0) is 14.0. The fourth-order valence-electron chi connectivity index (χ4n) is 3.26. The largest absolute Gasteiger partial charge is 0.320 e. The Morgan fingerprint density at radius 1 is 1.16 bits per heavy atom. The summed E-state index contributed by atoms with van der Waals surface area (Å²) in [4.78, 5) is 2.40. The number of hydrogen-bond donors (Lipinski definition) is 1. The molecule has 3 heteroatoms. The Morgan fingerprint density at radius 2 is 1.74 bits per heavy atom. The highest BCUT2D eigenvalue weighted by Gasteiger charge is 2.42. The predicted octanol–water partition coefficient (Wildman–Crippen LogP) is 3.12. The number of likely N-dealkylation sites (tertiary alicyclic amines) is 1. The van der Waals surface area contributed by atoms with Gasteiger partial charge >= 0.3 is 0 Å². The first-order valence-electron chi connectivity index (χ1n) is 7.26. The lowest BCUT2D eigenvalue weighted by atomic mass is 9.74. The van der Waals surface area contributed by atoms with Gasteiger partial charge < -0.3 is 5.73 Å². The van der Waals surface area contributed by atoms with Gasteiger partial charge in [-0.15, -0.1) is 0 Å². The molecule has 1 aromatic carbocycles. The van der Waals surface area contributed by atoms with E-state index in [9.17, 15) is 4.39 Å². The number of benzene rings is 1. The Kier molecular flexibility index (Phi) is 4.26. The molecule has 1 aliphatic rings. The quantitative estimate of drug-likeness (QED) is 0.905. The van der Waals surface area contributed by atoms with E-state index in [2.05, 4.69) is 25.7 Å². The maximum atomic E-state index is 14.2. The van der Waals surface area contributed by atoms with Crippen LogP contribution in [0.25, 0.3) is 0 Å². The molecular weight excluding hydrogens is 239 g/mol. The molecule has 2 N–H and O–H groups in total. The van der Waals surface area contributed by atoms with Gasteiger partial charge in [-0.2, -0.15) is 0 Å². The van der Waals surface area contributed by atoms with Crippen molar-refractivity contribution in [3.8, 4) is 0 Å². The normalized spacial score (nSPS) is 21.6. The summed E-state index contributed by atoms with van der Waals surface area (Å²) in [6.45, 7) is 8.44. The van der Waals surface area contributed by atoms with Crippen molar-refractivity contribution in [2.45, 2.75) is 45.2 Å². The average molecular weight is 264 g/mol. The van der Waals surface area contributed by atoms with E-state index >= 15 is 0 Å². The van der Waals surface area contributed by atoms with Gasteiger partial charge in [0.15, 0.2) is 0 Å². The van der Waals surface area contributed by atoms with Crippen molar-refractivity contribution >= 4 is 0 Å². The van der Waals surface area contributed by atoms with Crippen LogP contribution >= 0.6 is 0 Å². The van der Waals surface area contributed by atoms with Gasteiger partial charge in [0.1, 0.15) is 5.82 Å². The molecule has 1 aromatic rings. The molecule has 106 valence electrons. The molecule has 1 heterocycles. The SMILES string of the molecule is CC(C)C(N)(c1ccccc1F)C(C)N1CCCC1. The first-order valence-corrected chi connectivity index (χ1v) is 7.26. The van der Waals surface area contributed by atoms with Crippen LogP contribution in [0.5, 0.6) is 0 Å². The predicted molar refractivity (Wildman–Crippen MR) is 77.4 cm³/mol. The van der Waals surface area contributed by atoms with Crippen molar-refractivity contribution in [3.05, 3.63) is 35.6 Å². The zero-order valence-corrected chi connectivity index (χ0v) is 12.2. The lowest BCUT2D eigenvalue weighted by molar-refractivity contribution is 0.119. The maximum Gasteiger partial charge on any atom is 0.128 e. The average Bonchev–Trinajstić information content (AvgIpc) is 2.91. The highest BCUT2D eigenvalue weighted by atomic mass is 19.1. The fourth-order valence-corrected chi connectivity index (χ4v) is 3.26. The van der Waals surface area contributed by atoms with Gasteiger partial charge in [0, 0.05) is 11.6 Å². The molecule has 0 amide bonds. The number of nitrogens with two attached hydrogens (primary N) is 1. The van der Waals surface area contributed by atoms with Crippen LogP contribution in [0.3, 0.4) is 0 Å². The second-order valence-electron chi connectivity index (χ2n) is 5.99. The molecule has 2 atom stereocenters. The lowest BCUT2D eigenvalue weighted by Crippen LogP contribution is -2.57. The fraction of sp³-hybridized carbons (Fsp3) is 0.625. The van der Waals surface area contributed by atoms with Crippen LogP contribution in [0.2, 0.25) is 0 Å². The van der Waals surface area contributed by atoms with E-state index in [1.807, 2.05) is 12.1 Å². The third kappa shape index (κ3) is 2.54. The molecule has 0 radical (unpaired) electrons. The van der Waals surface area contributed by atoms with Gasteiger partial charge in [-0.25, -0.2) is 4.39 Å². The summed E-state index contributed by atoms with van der Waals surface area (Å²) in [6, 6.07) is 7.09. The van der Waals surface area contributed by atoms with Crippen LogP contribution in [0, 0.1) is 11.7 Å². The Bertz CT molecular complexity index is 427. The Hall–Kier alpha value is -0.930. The van der Waals surface area contributed by atoms with E-state index in [1.54, 1.807) is 6.07 Å². The maximum absolute atomic E-state index is 14.2. The molecule has 2 nitrogen and oxygen atoms in total. The summed E-state index contributed by atoms with van der Waals surface area (Å²) in [7, 11) is 0. The summed E-state index contributed by atoms with van der Waals surface area (Å²) in [6.07, 6.45) is 2.44. The van der Waals surface area contributed by atoms with Gasteiger partial charge in [-0.1, -0.05) is 32.0 Å². The molecule has 1 fully saturated rings. The van der Waals surface area contributed by atoms with Crippen molar-refractivity contribution in [3.63, 3.8) is 0 Å². The molecular formula is C16H25FN2. The minimum atomic E-state index is -0.643. The molecule has 2 rings (SSSR count). The zero-order valence-electron chi connectivity index (χ0n) is 12.2. The van der Waals surface area contributed by atoms with Crippen LogP contribution in [-0.2, 0) is 5.54 Å². The summed E-state index contributed by atoms with van der Waals surface area (Å²) < 4.78 is 14.2. The minimum absolute atomic E-state index is 0.145. The Labute approximate surface area is 115 Å². The van der Waals surface area contributed by atoms with Crippen LogP contribution in [-0.4, -0.2) is 24.0 Å². The van der Waals surface area contributed by atoms with Crippen molar-refractivity contribution in [1.29, 1.82) is 0 Å². The van der Waals surface area contributed by atoms with Gasteiger partial charge in [0.25, 0.3) is 0 Å². The van der Waals surface area contributed by atoms with Gasteiger partial charge in [-0.05, 0) is 44.8 Å². The standard InChI is InChI=1S/C16H25FN2/c1-12(2)16(18,13(3)19-10-6-7-11-19)14-8-4-5-9-15(14)17/h4-5,8-9,12-13H,6-7,10-11,18H2,1-3H3. The van der Waals surface area contributed by atoms with E-state index in [1.165, 1.54) is 18.9 Å². The number of halogens is 1. The van der Waals surface area contributed by atoms with Gasteiger partial charge in [0.05, 0.1) is 5.54 Å². The third-order valence-electron chi connectivity index (χ3n) is 4.68. The molecule has 1 saturated heterocycles. The van der Waals surface area contributed by atoms with Crippen LogP contribution in [0.1, 0.15) is 39.2 Å². The first kappa shape index (κ1) is 14.5. The topological polar surface area (TPSA) is 29.3 Å². The van der Waals surface area contributed by atoms with E-state index in [0.717, 1.165) is 13.1 Å². The summed E-state index contributed by atoms with van der Waals surface area (Å²) in [5.74, 6) is -0.00949.